The number of nitriles is 2. The Bertz CT molecular complexity index is 879. The van der Waals surface area contributed by atoms with Crippen LogP contribution in [0.4, 0.5) is 13.2 Å². The molecule has 2 aromatic rings. The second-order valence-electron chi connectivity index (χ2n) is 4.58. The Hall–Kier alpha value is -1.51. The van der Waals surface area contributed by atoms with Crippen molar-refractivity contribution >= 4 is 46.7 Å². The number of rotatable bonds is 5. The van der Waals surface area contributed by atoms with Crippen LogP contribution in [0.25, 0.3) is 11.1 Å². The predicted octanol–water partition coefficient (Wildman–Crippen LogP) is 6.78. The fourth-order valence-electron chi connectivity index (χ4n) is 1.89. The first-order valence-electron chi connectivity index (χ1n) is 6.53. The molecule has 1 unspecified atom stereocenters. The molecule has 0 aliphatic carbocycles. The average Bonchev–Trinajstić information content (AvgIpc) is 2.58. The predicted molar refractivity (Wildman–Crippen MR) is 94.7 cm³/mol. The zero-order valence-electron chi connectivity index (χ0n) is 12.1. The molecule has 0 saturated heterocycles. The highest BCUT2D eigenvalue weighted by atomic mass is 35.5. The van der Waals surface area contributed by atoms with Crippen molar-refractivity contribution in [1.29, 1.82) is 10.5 Å². The molecule has 0 N–H and O–H groups in total. The van der Waals surface area contributed by atoms with Gasteiger partial charge in [-0.15, -0.1) is 0 Å². The Balaban J connectivity index is 2.54. The Kier molecular flexibility index (Phi) is 6.53. The van der Waals surface area contributed by atoms with Crippen LogP contribution in [-0.2, 0) is 0 Å². The zero-order valence-corrected chi connectivity index (χ0v) is 15.3. The van der Waals surface area contributed by atoms with Crippen molar-refractivity contribution < 1.29 is 13.2 Å². The molecule has 0 aliphatic heterocycles. The minimum Gasteiger partial charge on any atom is -0.218 e. The van der Waals surface area contributed by atoms with E-state index in [-0.39, 0.29) is 32.3 Å². The van der Waals surface area contributed by atoms with Gasteiger partial charge in [0.1, 0.15) is 6.07 Å². The van der Waals surface area contributed by atoms with Crippen LogP contribution in [0.1, 0.15) is 0 Å². The van der Waals surface area contributed by atoms with E-state index in [4.69, 9.17) is 33.7 Å². The van der Waals surface area contributed by atoms with E-state index in [1.807, 2.05) is 0 Å². The van der Waals surface area contributed by atoms with Gasteiger partial charge in [0.05, 0.1) is 0 Å². The monoisotopic (exact) mass is 418 g/mol. The van der Waals surface area contributed by atoms with Crippen LogP contribution in [0.5, 0.6) is 0 Å². The summed E-state index contributed by atoms with van der Waals surface area (Å²) in [6.07, 6.45) is 0. The van der Waals surface area contributed by atoms with Crippen molar-refractivity contribution in [2.24, 2.45) is 0 Å². The Morgan fingerprint density at radius 3 is 2.40 bits per heavy atom. The molecule has 9 heteroatoms. The number of benzene rings is 2. The van der Waals surface area contributed by atoms with Gasteiger partial charge in [0, 0.05) is 25.4 Å². The largest absolute Gasteiger partial charge is 0.384 e. The Morgan fingerprint density at radius 1 is 1.04 bits per heavy atom. The number of halogens is 5. The van der Waals surface area contributed by atoms with Crippen LogP contribution in [0.2, 0.25) is 10.0 Å². The maximum Gasteiger partial charge on any atom is 0.384 e. The van der Waals surface area contributed by atoms with Crippen molar-refractivity contribution in [1.82, 2.24) is 0 Å². The summed E-state index contributed by atoms with van der Waals surface area (Å²) in [5, 5.41) is 14.0. The molecule has 0 heterocycles. The molecular formula is C16H7Cl2F3N2S2. The van der Waals surface area contributed by atoms with Crippen LogP contribution >= 0.6 is 46.7 Å². The van der Waals surface area contributed by atoms with Gasteiger partial charge in [-0.25, -0.2) is 4.39 Å². The second-order valence-corrected chi connectivity index (χ2v) is 7.70. The SMILES string of the molecule is N#CC(F)Sc1ccc(Cl)c(-c2cc(Cl)ccc2SC(F)(F)C#N)c1. The van der Waals surface area contributed by atoms with E-state index in [0.29, 0.717) is 22.2 Å². The highest BCUT2D eigenvalue weighted by Gasteiger charge is 2.31. The second kappa shape index (κ2) is 8.25. The lowest BCUT2D eigenvalue weighted by Crippen LogP contribution is -2.05. The van der Waals surface area contributed by atoms with Gasteiger partial charge >= 0.3 is 5.25 Å². The average molecular weight is 419 g/mol. The standard InChI is InChI=1S/C16H7Cl2F3N2S2/c17-9-1-4-14(25-16(20,21)8-23)12(5-9)11-6-10(2-3-13(11)18)24-15(19)7-22/h1-6,15H. The molecular weight excluding hydrogens is 412 g/mol. The van der Waals surface area contributed by atoms with Crippen LogP contribution in [0, 0.1) is 22.7 Å². The van der Waals surface area contributed by atoms with E-state index in [0.717, 1.165) is 6.07 Å². The van der Waals surface area contributed by atoms with Crippen molar-refractivity contribution in [3.63, 3.8) is 0 Å². The lowest BCUT2D eigenvalue weighted by Gasteiger charge is -2.14. The number of hydrogen-bond donors (Lipinski definition) is 0. The van der Waals surface area contributed by atoms with E-state index < -0.39 is 10.8 Å². The summed E-state index contributed by atoms with van der Waals surface area (Å²) in [5.41, 5.74) is -1.15. The minimum absolute atomic E-state index is 0.0641. The molecule has 0 aliphatic rings. The third kappa shape index (κ3) is 5.23. The summed E-state index contributed by atoms with van der Waals surface area (Å²) < 4.78 is 40.2. The highest BCUT2D eigenvalue weighted by molar-refractivity contribution is 8.00. The Labute approximate surface area is 160 Å². The smallest absolute Gasteiger partial charge is 0.218 e. The van der Waals surface area contributed by atoms with E-state index in [9.17, 15) is 13.2 Å². The normalized spacial score (nSPS) is 12.3. The lowest BCUT2D eigenvalue weighted by molar-refractivity contribution is 0.171. The van der Waals surface area contributed by atoms with E-state index in [1.54, 1.807) is 0 Å². The van der Waals surface area contributed by atoms with Crippen LogP contribution in [0.3, 0.4) is 0 Å². The fraction of sp³-hybridized carbons (Fsp3) is 0.125. The summed E-state index contributed by atoms with van der Waals surface area (Å²) in [6.45, 7) is 0. The molecule has 25 heavy (non-hydrogen) atoms. The lowest BCUT2D eigenvalue weighted by atomic mass is 10.1. The number of alkyl halides is 3. The van der Waals surface area contributed by atoms with Crippen LogP contribution in [-0.4, -0.2) is 10.8 Å². The third-order valence-electron chi connectivity index (χ3n) is 2.88. The number of nitrogens with zero attached hydrogens (tertiary/aromatic N) is 2. The van der Waals surface area contributed by atoms with Crippen molar-refractivity contribution in [2.75, 3.05) is 0 Å². The summed E-state index contributed by atoms with van der Waals surface area (Å²) in [6, 6.07) is 11.0. The molecule has 0 radical (unpaired) electrons. The maximum atomic E-state index is 13.5. The first kappa shape index (κ1) is 19.8. The number of thioether (sulfide) groups is 2. The Morgan fingerprint density at radius 2 is 1.76 bits per heavy atom. The topological polar surface area (TPSA) is 47.6 Å². The van der Waals surface area contributed by atoms with Crippen LogP contribution < -0.4 is 0 Å². The van der Waals surface area contributed by atoms with Crippen molar-refractivity contribution in [2.45, 2.75) is 20.5 Å². The molecule has 0 aromatic heterocycles. The van der Waals surface area contributed by atoms with E-state index in [1.165, 1.54) is 42.5 Å². The first-order chi connectivity index (χ1) is 11.8. The van der Waals surface area contributed by atoms with Gasteiger partial charge in [0.2, 0.25) is 5.50 Å². The minimum atomic E-state index is -3.63. The molecule has 0 fully saturated rings. The highest BCUT2D eigenvalue weighted by Crippen LogP contribution is 2.44. The maximum absolute atomic E-state index is 13.5. The summed E-state index contributed by atoms with van der Waals surface area (Å²) in [5.74, 6) is 0. The molecule has 128 valence electrons. The molecule has 2 aromatic carbocycles. The van der Waals surface area contributed by atoms with Crippen molar-refractivity contribution in [3.05, 3.63) is 46.4 Å². The van der Waals surface area contributed by atoms with Gasteiger partial charge < -0.3 is 0 Å². The number of hydrogen-bond acceptors (Lipinski definition) is 4. The fourth-order valence-corrected chi connectivity index (χ4v) is 3.64. The van der Waals surface area contributed by atoms with E-state index >= 15 is 0 Å². The van der Waals surface area contributed by atoms with Gasteiger partial charge in [-0.3, -0.25) is 0 Å². The first-order valence-corrected chi connectivity index (χ1v) is 8.99. The molecule has 2 rings (SSSR count). The summed E-state index contributed by atoms with van der Waals surface area (Å²) >= 11 is 12.8. The molecule has 2 nitrogen and oxygen atoms in total. The van der Waals surface area contributed by atoms with Crippen molar-refractivity contribution in [3.8, 4) is 23.3 Å². The summed E-state index contributed by atoms with van der Waals surface area (Å²) in [7, 11) is 0. The zero-order chi connectivity index (χ0) is 18.6. The molecule has 0 amide bonds. The van der Waals surface area contributed by atoms with Gasteiger partial charge in [-0.2, -0.15) is 19.3 Å². The molecule has 0 spiro atoms. The van der Waals surface area contributed by atoms with Gasteiger partial charge in [-0.1, -0.05) is 35.0 Å². The van der Waals surface area contributed by atoms with Gasteiger partial charge in [0.15, 0.2) is 6.07 Å². The van der Waals surface area contributed by atoms with Crippen LogP contribution in [0.15, 0.2) is 46.2 Å². The molecule has 0 saturated carbocycles. The third-order valence-corrected chi connectivity index (χ3v) is 5.21. The van der Waals surface area contributed by atoms with Gasteiger partial charge in [-0.05, 0) is 53.7 Å². The quantitative estimate of drug-likeness (QED) is 0.501. The summed E-state index contributed by atoms with van der Waals surface area (Å²) in [4.78, 5) is 0.494. The molecule has 0 bridgehead atoms. The molecule has 1 atom stereocenters. The van der Waals surface area contributed by atoms with Gasteiger partial charge in [0.25, 0.3) is 0 Å². The van der Waals surface area contributed by atoms with E-state index in [2.05, 4.69) is 0 Å².